The second-order valence-corrected chi connectivity index (χ2v) is 5.81. The molecule has 0 saturated heterocycles. The molecule has 21 heavy (non-hydrogen) atoms. The first-order valence-corrected chi connectivity index (χ1v) is 7.62. The van der Waals surface area contributed by atoms with E-state index in [4.69, 9.17) is 5.73 Å². The van der Waals surface area contributed by atoms with Crippen molar-refractivity contribution >= 4 is 22.7 Å². The van der Waals surface area contributed by atoms with E-state index in [1.165, 1.54) is 5.56 Å². The summed E-state index contributed by atoms with van der Waals surface area (Å²) in [7, 11) is 1.96. The first kappa shape index (κ1) is 14.0. The maximum atomic E-state index is 5.72. The Bertz CT molecular complexity index is 776. The van der Waals surface area contributed by atoms with Crippen LogP contribution in [0.15, 0.2) is 40.6 Å². The van der Waals surface area contributed by atoms with Crippen molar-refractivity contribution in [2.24, 2.45) is 12.8 Å². The van der Waals surface area contributed by atoms with Crippen LogP contribution in [0.1, 0.15) is 11.3 Å². The van der Waals surface area contributed by atoms with Crippen LogP contribution in [0.4, 0.5) is 0 Å². The van der Waals surface area contributed by atoms with Crippen LogP contribution in [0, 0.1) is 6.92 Å². The monoisotopic (exact) mass is 299 g/mol. The third-order valence-corrected chi connectivity index (χ3v) is 4.61. The number of nitrogens with two attached hydrogens (primary N) is 1. The van der Waals surface area contributed by atoms with Crippen LogP contribution >= 0.6 is 11.8 Å². The molecule has 2 N–H and O–H groups in total. The van der Waals surface area contributed by atoms with E-state index in [0.29, 0.717) is 6.54 Å². The molecule has 0 aliphatic heterocycles. The number of nitrogens with zero attached hydrogens (tertiary/aromatic N) is 4. The van der Waals surface area contributed by atoms with Gasteiger partial charge in [-0.15, -0.1) is 0 Å². The lowest BCUT2D eigenvalue weighted by Crippen LogP contribution is -2.04. The summed E-state index contributed by atoms with van der Waals surface area (Å²) < 4.78 is 1.90. The molecule has 1 aromatic carbocycles. The summed E-state index contributed by atoms with van der Waals surface area (Å²) >= 11 is 1.62. The average molecular weight is 299 g/mol. The highest BCUT2D eigenvalue weighted by atomic mass is 32.2. The van der Waals surface area contributed by atoms with Gasteiger partial charge >= 0.3 is 0 Å². The predicted octanol–water partition coefficient (Wildman–Crippen LogP) is 2.32. The molecule has 2 heterocycles. The Hall–Kier alpha value is -1.92. The zero-order valence-electron chi connectivity index (χ0n) is 12.1. The Morgan fingerprint density at radius 1 is 1.24 bits per heavy atom. The normalized spacial score (nSPS) is 11.2. The fourth-order valence-electron chi connectivity index (χ4n) is 2.39. The number of aromatic nitrogens is 4. The maximum Gasteiger partial charge on any atom is 0.117 e. The second kappa shape index (κ2) is 5.83. The standard InChI is InChI=1S/C15H17N5S/c1-10-11(7-8-16)15(20(2)19-10)21-14-12-5-3-4-6-13(12)17-9-18-14/h3-6,9H,7-8,16H2,1-2H3. The van der Waals surface area contributed by atoms with Crippen molar-refractivity contribution in [1.29, 1.82) is 0 Å². The zero-order valence-corrected chi connectivity index (χ0v) is 12.9. The van der Waals surface area contributed by atoms with Gasteiger partial charge in [0, 0.05) is 18.0 Å². The fraction of sp³-hybridized carbons (Fsp3) is 0.267. The molecule has 0 aliphatic carbocycles. The van der Waals surface area contributed by atoms with E-state index in [2.05, 4.69) is 15.1 Å². The van der Waals surface area contributed by atoms with Gasteiger partial charge in [-0.3, -0.25) is 4.68 Å². The summed E-state index contributed by atoms with van der Waals surface area (Å²) in [6.07, 6.45) is 2.43. The molecule has 0 aliphatic rings. The molecule has 0 unspecified atom stereocenters. The van der Waals surface area contributed by atoms with Crippen LogP contribution in [-0.2, 0) is 13.5 Å². The quantitative estimate of drug-likeness (QED) is 0.749. The Morgan fingerprint density at radius 2 is 2.05 bits per heavy atom. The van der Waals surface area contributed by atoms with E-state index in [1.54, 1.807) is 18.1 Å². The van der Waals surface area contributed by atoms with Gasteiger partial charge in [0.2, 0.25) is 0 Å². The van der Waals surface area contributed by atoms with Crippen LogP contribution in [0.3, 0.4) is 0 Å². The number of hydrogen-bond donors (Lipinski definition) is 1. The van der Waals surface area contributed by atoms with E-state index in [1.807, 2.05) is 42.9 Å². The summed E-state index contributed by atoms with van der Waals surface area (Å²) in [5.41, 5.74) is 8.91. The van der Waals surface area contributed by atoms with E-state index in [9.17, 15) is 0 Å². The van der Waals surface area contributed by atoms with E-state index >= 15 is 0 Å². The fourth-order valence-corrected chi connectivity index (χ4v) is 3.51. The minimum Gasteiger partial charge on any atom is -0.330 e. The first-order chi connectivity index (χ1) is 10.2. The SMILES string of the molecule is Cc1nn(C)c(Sc2ncnc3ccccc23)c1CCN. The molecule has 0 amide bonds. The Kier molecular flexibility index (Phi) is 3.90. The molecule has 3 rings (SSSR count). The Balaban J connectivity index is 2.07. The summed E-state index contributed by atoms with van der Waals surface area (Å²) in [5.74, 6) is 0. The first-order valence-electron chi connectivity index (χ1n) is 6.81. The smallest absolute Gasteiger partial charge is 0.117 e. The van der Waals surface area contributed by atoms with E-state index in [-0.39, 0.29) is 0 Å². The number of para-hydroxylation sites is 1. The lowest BCUT2D eigenvalue weighted by atomic mass is 10.2. The van der Waals surface area contributed by atoms with Gasteiger partial charge in [-0.25, -0.2) is 9.97 Å². The molecular formula is C15H17N5S. The van der Waals surface area contributed by atoms with Gasteiger partial charge in [-0.2, -0.15) is 5.10 Å². The highest BCUT2D eigenvalue weighted by Crippen LogP contribution is 2.34. The van der Waals surface area contributed by atoms with Crippen molar-refractivity contribution in [1.82, 2.24) is 19.7 Å². The molecule has 5 nitrogen and oxygen atoms in total. The molecule has 108 valence electrons. The van der Waals surface area contributed by atoms with Crippen LogP contribution < -0.4 is 5.73 Å². The van der Waals surface area contributed by atoms with Crippen molar-refractivity contribution in [2.45, 2.75) is 23.4 Å². The number of fused-ring (bicyclic) bond motifs is 1. The van der Waals surface area contributed by atoms with Crippen molar-refractivity contribution in [2.75, 3.05) is 6.54 Å². The van der Waals surface area contributed by atoms with Crippen molar-refractivity contribution in [3.63, 3.8) is 0 Å². The molecule has 2 aromatic heterocycles. The highest BCUT2D eigenvalue weighted by Gasteiger charge is 2.15. The number of aryl methyl sites for hydroxylation is 2. The van der Waals surface area contributed by atoms with Crippen LogP contribution in [0.5, 0.6) is 0 Å². The highest BCUT2D eigenvalue weighted by molar-refractivity contribution is 7.99. The molecule has 3 aromatic rings. The van der Waals surface area contributed by atoms with E-state index < -0.39 is 0 Å². The molecule has 0 bridgehead atoms. The Morgan fingerprint density at radius 3 is 2.86 bits per heavy atom. The minimum absolute atomic E-state index is 0.616. The van der Waals surface area contributed by atoms with Gasteiger partial charge in [0.1, 0.15) is 16.4 Å². The molecule has 0 spiro atoms. The molecule has 0 atom stereocenters. The molecule has 0 fully saturated rings. The van der Waals surface area contributed by atoms with Gasteiger partial charge in [0.25, 0.3) is 0 Å². The second-order valence-electron chi connectivity index (χ2n) is 4.83. The van der Waals surface area contributed by atoms with E-state index in [0.717, 1.165) is 33.1 Å². The van der Waals surface area contributed by atoms with Crippen molar-refractivity contribution in [3.8, 4) is 0 Å². The molecule has 0 saturated carbocycles. The van der Waals surface area contributed by atoms with Gasteiger partial charge in [-0.05, 0) is 37.7 Å². The van der Waals surface area contributed by atoms with Gasteiger partial charge < -0.3 is 5.73 Å². The maximum absolute atomic E-state index is 5.72. The van der Waals surface area contributed by atoms with Crippen LogP contribution in [-0.4, -0.2) is 26.3 Å². The third-order valence-electron chi connectivity index (χ3n) is 3.38. The van der Waals surface area contributed by atoms with Crippen LogP contribution in [0.25, 0.3) is 10.9 Å². The summed E-state index contributed by atoms with van der Waals surface area (Å²) in [6, 6.07) is 8.03. The summed E-state index contributed by atoms with van der Waals surface area (Å²) in [4.78, 5) is 8.74. The summed E-state index contributed by atoms with van der Waals surface area (Å²) in [6.45, 7) is 2.64. The molecule has 0 radical (unpaired) electrons. The third kappa shape index (κ3) is 2.64. The van der Waals surface area contributed by atoms with Crippen LogP contribution in [0.2, 0.25) is 0 Å². The minimum atomic E-state index is 0.616. The largest absolute Gasteiger partial charge is 0.330 e. The predicted molar refractivity (Wildman–Crippen MR) is 84.4 cm³/mol. The Labute approximate surface area is 127 Å². The lowest BCUT2D eigenvalue weighted by Gasteiger charge is -2.07. The van der Waals surface area contributed by atoms with Gasteiger partial charge in [-0.1, -0.05) is 18.2 Å². The van der Waals surface area contributed by atoms with Crippen molar-refractivity contribution in [3.05, 3.63) is 41.9 Å². The van der Waals surface area contributed by atoms with Gasteiger partial charge in [0.05, 0.1) is 11.2 Å². The topological polar surface area (TPSA) is 69.6 Å². The van der Waals surface area contributed by atoms with Crippen molar-refractivity contribution < 1.29 is 0 Å². The average Bonchev–Trinajstić information content (AvgIpc) is 2.75. The number of rotatable bonds is 4. The zero-order chi connectivity index (χ0) is 14.8. The number of benzene rings is 1. The molecule has 6 heteroatoms. The summed E-state index contributed by atoms with van der Waals surface area (Å²) in [5, 5.41) is 7.61. The lowest BCUT2D eigenvalue weighted by molar-refractivity contribution is 0.687. The number of hydrogen-bond acceptors (Lipinski definition) is 5. The molecular weight excluding hydrogens is 282 g/mol. The van der Waals surface area contributed by atoms with Gasteiger partial charge in [0.15, 0.2) is 0 Å².